The minimum Gasteiger partial charge on any atom is -0.208 e. The van der Waals surface area contributed by atoms with E-state index >= 15 is 0 Å². The predicted molar refractivity (Wildman–Crippen MR) is 77.4 cm³/mol. The van der Waals surface area contributed by atoms with Gasteiger partial charge in [0.05, 0.1) is 16.5 Å². The Bertz CT molecular complexity index is 619. The molecule has 1 N–H and O–H groups in total. The zero-order chi connectivity index (χ0) is 14.8. The van der Waals surface area contributed by atoms with E-state index in [1.54, 1.807) is 12.1 Å². The van der Waals surface area contributed by atoms with E-state index in [9.17, 15) is 8.42 Å². The second kappa shape index (κ2) is 5.94. The highest BCUT2D eigenvalue weighted by Gasteiger charge is 2.28. The van der Waals surface area contributed by atoms with Crippen LogP contribution in [0.2, 0.25) is 0 Å². The maximum atomic E-state index is 12.3. The average molecular weight is 292 g/mol. The number of hydrogen-bond donors (Lipinski definition) is 1. The summed E-state index contributed by atoms with van der Waals surface area (Å²) in [6, 6.07) is 8.10. The van der Waals surface area contributed by atoms with E-state index in [1.807, 2.05) is 6.07 Å². The van der Waals surface area contributed by atoms with Gasteiger partial charge in [-0.05, 0) is 49.3 Å². The smallest absolute Gasteiger partial charge is 0.208 e. The first kappa shape index (κ1) is 15.0. The molecule has 0 aliphatic heterocycles. The van der Waals surface area contributed by atoms with E-state index in [0.29, 0.717) is 17.4 Å². The molecule has 0 amide bonds. The van der Waals surface area contributed by atoms with Gasteiger partial charge in [0.15, 0.2) is 0 Å². The monoisotopic (exact) mass is 292 g/mol. The molecule has 1 aliphatic rings. The summed E-state index contributed by atoms with van der Waals surface area (Å²) >= 11 is 0. The van der Waals surface area contributed by atoms with Crippen molar-refractivity contribution in [1.29, 1.82) is 5.26 Å². The van der Waals surface area contributed by atoms with Crippen LogP contribution in [-0.2, 0) is 10.0 Å². The van der Waals surface area contributed by atoms with Crippen molar-refractivity contribution >= 4 is 10.0 Å². The molecule has 0 heterocycles. The van der Waals surface area contributed by atoms with Gasteiger partial charge < -0.3 is 0 Å². The molecule has 3 atom stereocenters. The quantitative estimate of drug-likeness (QED) is 0.931. The Labute approximate surface area is 120 Å². The summed E-state index contributed by atoms with van der Waals surface area (Å²) in [4.78, 5) is 0.169. The molecule has 0 aromatic heterocycles. The van der Waals surface area contributed by atoms with Gasteiger partial charge >= 0.3 is 0 Å². The standard InChI is InChI=1S/C15H20N2O2S/c1-11-6-7-14(8-12(11)2)17-20(18,19)15-5-3-4-13(9-15)10-16/h3-5,9,11-12,14,17H,6-8H2,1-2H3. The van der Waals surface area contributed by atoms with Crippen molar-refractivity contribution in [2.45, 2.75) is 44.0 Å². The molecule has 0 bridgehead atoms. The number of nitrogens with zero attached hydrogens (tertiary/aromatic N) is 1. The third-order valence-corrected chi connectivity index (χ3v) is 5.71. The molecule has 4 nitrogen and oxygen atoms in total. The lowest BCUT2D eigenvalue weighted by Gasteiger charge is -2.32. The van der Waals surface area contributed by atoms with Crippen molar-refractivity contribution in [3.63, 3.8) is 0 Å². The van der Waals surface area contributed by atoms with E-state index < -0.39 is 10.0 Å². The van der Waals surface area contributed by atoms with Crippen LogP contribution >= 0.6 is 0 Å². The van der Waals surface area contributed by atoms with Crippen molar-refractivity contribution in [1.82, 2.24) is 4.72 Å². The minimum atomic E-state index is -3.53. The van der Waals surface area contributed by atoms with Gasteiger partial charge in [-0.2, -0.15) is 5.26 Å². The molecular formula is C15H20N2O2S. The van der Waals surface area contributed by atoms with Gasteiger partial charge in [-0.3, -0.25) is 0 Å². The van der Waals surface area contributed by atoms with E-state index in [4.69, 9.17) is 5.26 Å². The molecule has 108 valence electrons. The van der Waals surface area contributed by atoms with Crippen LogP contribution in [0.3, 0.4) is 0 Å². The molecule has 1 aromatic carbocycles. The Kier molecular flexibility index (Phi) is 4.46. The Morgan fingerprint density at radius 1 is 1.25 bits per heavy atom. The van der Waals surface area contributed by atoms with Crippen LogP contribution in [-0.4, -0.2) is 14.5 Å². The van der Waals surface area contributed by atoms with Crippen LogP contribution in [0.5, 0.6) is 0 Å². The average Bonchev–Trinajstić information content (AvgIpc) is 2.43. The second-order valence-electron chi connectivity index (χ2n) is 5.73. The summed E-state index contributed by atoms with van der Waals surface area (Å²) in [6.07, 6.45) is 2.80. The van der Waals surface area contributed by atoms with Crippen LogP contribution < -0.4 is 4.72 Å². The highest BCUT2D eigenvalue weighted by molar-refractivity contribution is 7.89. The Morgan fingerprint density at radius 3 is 2.65 bits per heavy atom. The van der Waals surface area contributed by atoms with E-state index in [1.165, 1.54) is 12.1 Å². The number of nitriles is 1. The summed E-state index contributed by atoms with van der Waals surface area (Å²) in [5.74, 6) is 1.18. The van der Waals surface area contributed by atoms with Gasteiger partial charge in [0.25, 0.3) is 0 Å². The predicted octanol–water partition coefficient (Wildman–Crippen LogP) is 2.66. The molecule has 1 aromatic rings. The van der Waals surface area contributed by atoms with Gasteiger partial charge in [0.2, 0.25) is 10.0 Å². The summed E-state index contributed by atoms with van der Waals surface area (Å²) in [7, 11) is -3.53. The summed E-state index contributed by atoms with van der Waals surface area (Å²) in [6.45, 7) is 4.38. The Morgan fingerprint density at radius 2 is 2.00 bits per heavy atom. The van der Waals surface area contributed by atoms with Gasteiger partial charge in [-0.25, -0.2) is 13.1 Å². The van der Waals surface area contributed by atoms with Crippen molar-refractivity contribution in [2.24, 2.45) is 11.8 Å². The molecule has 2 rings (SSSR count). The first-order valence-corrected chi connectivity index (χ1v) is 8.43. The van der Waals surface area contributed by atoms with Crippen molar-refractivity contribution in [2.75, 3.05) is 0 Å². The zero-order valence-electron chi connectivity index (χ0n) is 11.8. The molecule has 0 radical (unpaired) electrons. The van der Waals surface area contributed by atoms with Gasteiger partial charge in [-0.15, -0.1) is 0 Å². The van der Waals surface area contributed by atoms with Crippen molar-refractivity contribution in [3.05, 3.63) is 29.8 Å². The molecule has 0 spiro atoms. The lowest BCUT2D eigenvalue weighted by atomic mass is 9.79. The topological polar surface area (TPSA) is 70.0 Å². The number of hydrogen-bond acceptors (Lipinski definition) is 3. The maximum absolute atomic E-state index is 12.3. The third-order valence-electron chi connectivity index (χ3n) is 4.19. The fourth-order valence-electron chi connectivity index (χ4n) is 2.67. The molecule has 5 heteroatoms. The number of benzene rings is 1. The maximum Gasteiger partial charge on any atom is 0.240 e. The second-order valence-corrected chi connectivity index (χ2v) is 7.44. The van der Waals surface area contributed by atoms with Crippen LogP contribution in [0.15, 0.2) is 29.2 Å². The largest absolute Gasteiger partial charge is 0.240 e. The third kappa shape index (κ3) is 3.38. The molecule has 0 saturated heterocycles. The van der Waals surface area contributed by atoms with Gasteiger partial charge in [0, 0.05) is 6.04 Å². The summed E-state index contributed by atoms with van der Waals surface area (Å²) in [5, 5.41) is 8.85. The van der Waals surface area contributed by atoms with Crippen LogP contribution in [0.4, 0.5) is 0 Å². The van der Waals surface area contributed by atoms with Gasteiger partial charge in [-0.1, -0.05) is 19.9 Å². The van der Waals surface area contributed by atoms with Crippen LogP contribution in [0, 0.1) is 23.2 Å². The van der Waals surface area contributed by atoms with Gasteiger partial charge in [0.1, 0.15) is 0 Å². The lowest BCUT2D eigenvalue weighted by Crippen LogP contribution is -2.39. The lowest BCUT2D eigenvalue weighted by molar-refractivity contribution is 0.242. The summed E-state index contributed by atoms with van der Waals surface area (Å²) in [5.41, 5.74) is 0.360. The first-order chi connectivity index (χ1) is 9.42. The minimum absolute atomic E-state index is 0.00283. The van der Waals surface area contributed by atoms with E-state index in [-0.39, 0.29) is 10.9 Å². The zero-order valence-corrected chi connectivity index (χ0v) is 12.7. The molecular weight excluding hydrogens is 272 g/mol. The van der Waals surface area contributed by atoms with E-state index in [0.717, 1.165) is 19.3 Å². The molecule has 3 unspecified atom stereocenters. The molecule has 1 saturated carbocycles. The van der Waals surface area contributed by atoms with Crippen LogP contribution in [0.1, 0.15) is 38.7 Å². The molecule has 1 fully saturated rings. The fourth-order valence-corrected chi connectivity index (χ4v) is 4.00. The van der Waals surface area contributed by atoms with Crippen LogP contribution in [0.25, 0.3) is 0 Å². The van der Waals surface area contributed by atoms with Crippen molar-refractivity contribution < 1.29 is 8.42 Å². The SMILES string of the molecule is CC1CCC(NS(=O)(=O)c2cccc(C#N)c2)CC1C. The molecule has 1 aliphatic carbocycles. The summed E-state index contributed by atoms with van der Waals surface area (Å²) < 4.78 is 27.4. The normalized spacial score (nSPS) is 26.9. The van der Waals surface area contributed by atoms with Crippen molar-refractivity contribution in [3.8, 4) is 6.07 Å². The Hall–Kier alpha value is -1.38. The van der Waals surface area contributed by atoms with E-state index in [2.05, 4.69) is 18.6 Å². The first-order valence-electron chi connectivity index (χ1n) is 6.95. The number of sulfonamides is 1. The molecule has 20 heavy (non-hydrogen) atoms. The highest BCUT2D eigenvalue weighted by atomic mass is 32.2. The highest BCUT2D eigenvalue weighted by Crippen LogP contribution is 2.30. The number of rotatable bonds is 3. The Balaban J connectivity index is 2.13. The fraction of sp³-hybridized carbons (Fsp3) is 0.533. The number of nitrogens with one attached hydrogen (secondary N) is 1.